The Kier molecular flexibility index (Phi) is 5.16. The molecule has 0 spiro atoms. The largest absolute Gasteiger partial charge is 0.493 e. The number of nitrogens with one attached hydrogen (secondary N) is 1. The molecule has 0 atom stereocenters. The summed E-state index contributed by atoms with van der Waals surface area (Å²) in [6.45, 7) is 3.62. The van der Waals surface area contributed by atoms with E-state index < -0.39 is 0 Å². The summed E-state index contributed by atoms with van der Waals surface area (Å²) in [5.41, 5.74) is 2.37. The van der Waals surface area contributed by atoms with Crippen molar-refractivity contribution in [3.63, 3.8) is 0 Å². The molecule has 1 amide bonds. The maximum atomic E-state index is 13.0. The third kappa shape index (κ3) is 3.51. The van der Waals surface area contributed by atoms with E-state index in [9.17, 15) is 9.59 Å². The summed E-state index contributed by atoms with van der Waals surface area (Å²) in [6, 6.07) is 10.3. The highest BCUT2D eigenvalue weighted by Gasteiger charge is 2.21. The lowest BCUT2D eigenvalue weighted by molar-refractivity contribution is -0.115. The van der Waals surface area contributed by atoms with Gasteiger partial charge in [-0.1, -0.05) is 6.92 Å². The quantitative estimate of drug-likeness (QED) is 0.656. The van der Waals surface area contributed by atoms with Crippen molar-refractivity contribution in [2.45, 2.75) is 20.3 Å². The molecule has 3 aromatic rings. The minimum absolute atomic E-state index is 0.0840. The van der Waals surface area contributed by atoms with Crippen LogP contribution in [0.2, 0.25) is 0 Å². The molecule has 6 nitrogen and oxygen atoms in total. The minimum atomic E-state index is -0.246. The SMILES string of the molecule is CCC(=O)Nc1ccc2c(C)c(C(=O)c3ccc(OC)c(OC)c3)oc2c1. The van der Waals surface area contributed by atoms with Gasteiger partial charge in [0.15, 0.2) is 17.3 Å². The van der Waals surface area contributed by atoms with Gasteiger partial charge in [-0.15, -0.1) is 0 Å². The number of hydrogen-bond acceptors (Lipinski definition) is 5. The van der Waals surface area contributed by atoms with Crippen LogP contribution in [0.4, 0.5) is 5.69 Å². The highest BCUT2D eigenvalue weighted by Crippen LogP contribution is 2.32. The van der Waals surface area contributed by atoms with E-state index in [0.29, 0.717) is 34.8 Å². The van der Waals surface area contributed by atoms with Crippen LogP contribution in [0.5, 0.6) is 11.5 Å². The second-order valence-electron chi connectivity index (χ2n) is 6.07. The highest BCUT2D eigenvalue weighted by molar-refractivity contribution is 6.11. The summed E-state index contributed by atoms with van der Waals surface area (Å²) < 4.78 is 16.3. The fourth-order valence-electron chi connectivity index (χ4n) is 2.88. The van der Waals surface area contributed by atoms with Crippen LogP contribution in [-0.4, -0.2) is 25.9 Å². The van der Waals surface area contributed by atoms with E-state index in [2.05, 4.69) is 5.32 Å². The van der Waals surface area contributed by atoms with Gasteiger partial charge in [0.2, 0.25) is 11.7 Å². The lowest BCUT2D eigenvalue weighted by Gasteiger charge is -2.08. The first kappa shape index (κ1) is 18.5. The van der Waals surface area contributed by atoms with Crippen molar-refractivity contribution in [2.24, 2.45) is 0 Å². The first-order valence-corrected chi connectivity index (χ1v) is 8.58. The zero-order valence-electron chi connectivity index (χ0n) is 15.7. The van der Waals surface area contributed by atoms with E-state index in [1.807, 2.05) is 13.0 Å². The monoisotopic (exact) mass is 367 g/mol. The number of methoxy groups -OCH3 is 2. The fourth-order valence-corrected chi connectivity index (χ4v) is 2.88. The number of anilines is 1. The van der Waals surface area contributed by atoms with Gasteiger partial charge < -0.3 is 19.2 Å². The number of carbonyl (C=O) groups excluding carboxylic acids is 2. The van der Waals surface area contributed by atoms with Gasteiger partial charge in [0.05, 0.1) is 14.2 Å². The molecule has 6 heteroatoms. The summed E-state index contributed by atoms with van der Waals surface area (Å²) in [6.07, 6.45) is 0.387. The van der Waals surface area contributed by atoms with E-state index in [0.717, 1.165) is 10.9 Å². The molecule has 140 valence electrons. The predicted octanol–water partition coefficient (Wildman–Crippen LogP) is 4.34. The Balaban J connectivity index is 1.99. The molecule has 1 heterocycles. The molecule has 27 heavy (non-hydrogen) atoms. The van der Waals surface area contributed by atoms with Crippen LogP contribution in [0.25, 0.3) is 11.0 Å². The Morgan fingerprint density at radius 1 is 1.04 bits per heavy atom. The van der Waals surface area contributed by atoms with Gasteiger partial charge >= 0.3 is 0 Å². The summed E-state index contributed by atoms with van der Waals surface area (Å²) in [5, 5.41) is 3.61. The second-order valence-corrected chi connectivity index (χ2v) is 6.07. The molecule has 0 unspecified atom stereocenters. The standard InChI is InChI=1S/C21H21NO5/c1-5-19(23)22-14-7-8-15-12(2)21(27-17(15)11-14)20(24)13-6-9-16(25-3)18(10-13)26-4/h6-11H,5H2,1-4H3,(H,22,23). The van der Waals surface area contributed by atoms with E-state index in [-0.39, 0.29) is 17.5 Å². The van der Waals surface area contributed by atoms with Crippen LogP contribution in [-0.2, 0) is 4.79 Å². The zero-order chi connectivity index (χ0) is 19.6. The molecular formula is C21H21NO5. The molecule has 2 aromatic carbocycles. The van der Waals surface area contributed by atoms with Crippen molar-refractivity contribution >= 4 is 28.3 Å². The maximum absolute atomic E-state index is 13.0. The van der Waals surface area contributed by atoms with E-state index in [1.165, 1.54) is 14.2 Å². The van der Waals surface area contributed by atoms with Crippen LogP contribution in [0.1, 0.15) is 35.0 Å². The van der Waals surface area contributed by atoms with Crippen LogP contribution in [0, 0.1) is 6.92 Å². The number of hydrogen-bond donors (Lipinski definition) is 1. The Hall–Kier alpha value is -3.28. The van der Waals surface area contributed by atoms with Crippen LogP contribution in [0.15, 0.2) is 40.8 Å². The van der Waals surface area contributed by atoms with Gasteiger partial charge in [0.25, 0.3) is 0 Å². The van der Waals surface area contributed by atoms with Crippen molar-refractivity contribution in [1.82, 2.24) is 0 Å². The summed E-state index contributed by atoms with van der Waals surface area (Å²) in [4.78, 5) is 24.5. The van der Waals surface area contributed by atoms with E-state index in [4.69, 9.17) is 13.9 Å². The Labute approximate surface area is 157 Å². The molecule has 0 fully saturated rings. The molecule has 0 aliphatic carbocycles. The van der Waals surface area contributed by atoms with E-state index >= 15 is 0 Å². The number of aryl methyl sites for hydroxylation is 1. The predicted molar refractivity (Wildman–Crippen MR) is 103 cm³/mol. The second kappa shape index (κ2) is 7.53. The molecule has 3 rings (SSSR count). The Morgan fingerprint density at radius 3 is 2.44 bits per heavy atom. The van der Waals surface area contributed by atoms with Crippen molar-refractivity contribution in [2.75, 3.05) is 19.5 Å². The summed E-state index contributed by atoms with van der Waals surface area (Å²) in [7, 11) is 3.06. The van der Waals surface area contributed by atoms with Gasteiger partial charge in [-0.2, -0.15) is 0 Å². The van der Waals surface area contributed by atoms with Crippen LogP contribution >= 0.6 is 0 Å². The number of benzene rings is 2. The number of fused-ring (bicyclic) bond motifs is 1. The molecule has 0 aliphatic heterocycles. The third-order valence-electron chi connectivity index (χ3n) is 4.40. The van der Waals surface area contributed by atoms with Gasteiger partial charge in [-0.3, -0.25) is 9.59 Å². The van der Waals surface area contributed by atoms with Gasteiger partial charge in [-0.25, -0.2) is 0 Å². The number of furan rings is 1. The normalized spacial score (nSPS) is 10.7. The van der Waals surface area contributed by atoms with Crippen molar-refractivity contribution < 1.29 is 23.5 Å². The van der Waals surface area contributed by atoms with Crippen molar-refractivity contribution in [3.8, 4) is 11.5 Å². The van der Waals surface area contributed by atoms with Crippen molar-refractivity contribution in [3.05, 3.63) is 53.3 Å². The lowest BCUT2D eigenvalue weighted by Crippen LogP contribution is -2.08. The average Bonchev–Trinajstić information content (AvgIpc) is 3.02. The topological polar surface area (TPSA) is 77.8 Å². The number of ketones is 1. The maximum Gasteiger partial charge on any atom is 0.228 e. The summed E-state index contributed by atoms with van der Waals surface area (Å²) >= 11 is 0. The van der Waals surface area contributed by atoms with Gasteiger partial charge in [-0.05, 0) is 37.3 Å². The number of rotatable bonds is 6. The minimum Gasteiger partial charge on any atom is -0.493 e. The molecule has 1 aromatic heterocycles. The fraction of sp³-hybridized carbons (Fsp3) is 0.238. The number of amides is 1. The first-order valence-electron chi connectivity index (χ1n) is 8.58. The lowest BCUT2D eigenvalue weighted by atomic mass is 10.0. The molecule has 0 saturated heterocycles. The molecule has 0 aliphatic rings. The zero-order valence-corrected chi connectivity index (χ0v) is 15.7. The van der Waals surface area contributed by atoms with Crippen LogP contribution < -0.4 is 14.8 Å². The Bertz CT molecular complexity index is 1020. The third-order valence-corrected chi connectivity index (χ3v) is 4.40. The van der Waals surface area contributed by atoms with Crippen molar-refractivity contribution in [1.29, 1.82) is 0 Å². The molecule has 0 saturated carbocycles. The number of carbonyl (C=O) groups is 2. The highest BCUT2D eigenvalue weighted by atomic mass is 16.5. The molecule has 0 radical (unpaired) electrons. The smallest absolute Gasteiger partial charge is 0.228 e. The van der Waals surface area contributed by atoms with Gasteiger partial charge in [0, 0.05) is 34.7 Å². The summed E-state index contributed by atoms with van der Waals surface area (Å²) in [5.74, 6) is 0.951. The van der Waals surface area contributed by atoms with Crippen LogP contribution in [0.3, 0.4) is 0 Å². The molecular weight excluding hydrogens is 346 g/mol. The van der Waals surface area contributed by atoms with Gasteiger partial charge in [0.1, 0.15) is 5.58 Å². The Morgan fingerprint density at radius 2 is 1.78 bits per heavy atom. The van der Waals surface area contributed by atoms with E-state index in [1.54, 1.807) is 37.3 Å². The number of ether oxygens (including phenoxy) is 2. The molecule has 0 bridgehead atoms. The average molecular weight is 367 g/mol. The first-order chi connectivity index (χ1) is 13.0. The molecule has 1 N–H and O–H groups in total.